The number of imidazole rings is 1. The standard InChI is InChI=1S/C46H36N2O/c1-27-18-20-28(21-19-27)45(5)35-15-9-8-14-33(35)42(49)48-41-25-34-31-13-7-11-17-37(31)46(39(34)26-40(41)47-43(45)48)36-16-10-6-12-30(36)32-23-22-29(24-38(32)46)44(2,3)4/h6-26H,1-5H3. The molecule has 3 aliphatic rings. The molecule has 3 heteroatoms. The van der Waals surface area contributed by atoms with E-state index < -0.39 is 10.8 Å². The molecule has 49 heavy (non-hydrogen) atoms. The van der Waals surface area contributed by atoms with E-state index in [2.05, 4.69) is 144 Å². The Kier molecular flexibility index (Phi) is 5.42. The molecule has 0 saturated carbocycles. The van der Waals surface area contributed by atoms with Gasteiger partial charge in [0.05, 0.1) is 21.9 Å². The van der Waals surface area contributed by atoms with Gasteiger partial charge in [0, 0.05) is 5.56 Å². The number of aromatic nitrogens is 2. The Morgan fingerprint density at radius 1 is 0.592 bits per heavy atom. The fraction of sp³-hybridized carbons (Fsp3) is 0.174. The summed E-state index contributed by atoms with van der Waals surface area (Å²) in [5.74, 6) is 0.744. The van der Waals surface area contributed by atoms with E-state index in [4.69, 9.17) is 4.98 Å². The van der Waals surface area contributed by atoms with Gasteiger partial charge < -0.3 is 0 Å². The van der Waals surface area contributed by atoms with Crippen LogP contribution in [0.1, 0.15) is 88.4 Å². The van der Waals surface area contributed by atoms with Crippen LogP contribution in [-0.2, 0) is 16.2 Å². The van der Waals surface area contributed by atoms with Crippen molar-refractivity contribution in [2.45, 2.75) is 50.9 Å². The minimum atomic E-state index is -0.620. The summed E-state index contributed by atoms with van der Waals surface area (Å²) in [6.45, 7) is 11.2. The van der Waals surface area contributed by atoms with Crippen molar-refractivity contribution < 1.29 is 4.79 Å². The first-order valence-corrected chi connectivity index (χ1v) is 17.3. The van der Waals surface area contributed by atoms with Crippen LogP contribution in [-0.4, -0.2) is 15.5 Å². The van der Waals surface area contributed by atoms with Crippen LogP contribution in [0.15, 0.2) is 127 Å². The maximum Gasteiger partial charge on any atom is 0.264 e. The molecule has 236 valence electrons. The molecule has 3 nitrogen and oxygen atoms in total. The van der Waals surface area contributed by atoms with Crippen molar-refractivity contribution in [1.29, 1.82) is 0 Å². The third-order valence-corrected chi connectivity index (χ3v) is 11.7. The number of fused-ring (bicyclic) bond motifs is 14. The molecule has 2 heterocycles. The number of carbonyl (C=O) groups is 1. The molecule has 10 rings (SSSR count). The van der Waals surface area contributed by atoms with Crippen molar-refractivity contribution in [3.8, 4) is 22.3 Å². The molecule has 0 bridgehead atoms. The smallest absolute Gasteiger partial charge is 0.264 e. The summed E-state index contributed by atoms with van der Waals surface area (Å²) in [6, 6.07) is 46.2. The van der Waals surface area contributed by atoms with Crippen LogP contribution in [0.25, 0.3) is 33.3 Å². The highest BCUT2D eigenvalue weighted by Crippen LogP contribution is 2.63. The zero-order chi connectivity index (χ0) is 33.4. The third kappa shape index (κ3) is 3.42. The molecular weight excluding hydrogens is 597 g/mol. The van der Waals surface area contributed by atoms with Crippen LogP contribution in [0.5, 0.6) is 0 Å². The zero-order valence-corrected chi connectivity index (χ0v) is 28.4. The summed E-state index contributed by atoms with van der Waals surface area (Å²) in [5.41, 5.74) is 16.0. The van der Waals surface area contributed by atoms with E-state index >= 15 is 0 Å². The SMILES string of the molecule is Cc1ccc(C2(C)c3ccccc3C(=O)n3c2nc2cc4c(cc23)-c2ccccc2C42c3ccccc3-c3ccc(C(C)(C)C)cc32)cc1. The van der Waals surface area contributed by atoms with Crippen LogP contribution in [0.4, 0.5) is 0 Å². The highest BCUT2D eigenvalue weighted by atomic mass is 16.2. The fourth-order valence-electron chi connectivity index (χ4n) is 9.23. The van der Waals surface area contributed by atoms with E-state index in [9.17, 15) is 4.79 Å². The number of hydrogen-bond acceptors (Lipinski definition) is 2. The second-order valence-corrected chi connectivity index (χ2v) is 15.4. The summed E-state index contributed by atoms with van der Waals surface area (Å²) in [5, 5.41) is 0. The van der Waals surface area contributed by atoms with Crippen LogP contribution >= 0.6 is 0 Å². The monoisotopic (exact) mass is 632 g/mol. The second kappa shape index (κ2) is 9.33. The molecule has 1 spiro atoms. The average Bonchev–Trinajstić information content (AvgIpc) is 3.74. The van der Waals surface area contributed by atoms with E-state index in [-0.39, 0.29) is 11.3 Å². The molecule has 0 radical (unpaired) electrons. The topological polar surface area (TPSA) is 34.9 Å². The molecule has 1 aliphatic heterocycles. The Morgan fingerprint density at radius 2 is 1.16 bits per heavy atom. The summed E-state index contributed by atoms with van der Waals surface area (Å²) in [4.78, 5) is 20.0. The molecule has 0 amide bonds. The van der Waals surface area contributed by atoms with Crippen molar-refractivity contribution in [3.05, 3.63) is 183 Å². The van der Waals surface area contributed by atoms with Gasteiger partial charge >= 0.3 is 0 Å². The minimum absolute atomic E-state index is 0.00533. The van der Waals surface area contributed by atoms with Crippen LogP contribution in [0.2, 0.25) is 0 Å². The van der Waals surface area contributed by atoms with Gasteiger partial charge in [-0.25, -0.2) is 4.98 Å². The summed E-state index contributed by atoms with van der Waals surface area (Å²) >= 11 is 0. The van der Waals surface area contributed by atoms with Gasteiger partial charge in [0.2, 0.25) is 0 Å². The Labute approximate surface area is 286 Å². The predicted molar refractivity (Wildman–Crippen MR) is 198 cm³/mol. The first kappa shape index (κ1) is 28.5. The molecule has 0 saturated heterocycles. The highest BCUT2D eigenvalue weighted by molar-refractivity contribution is 6.07. The maximum absolute atomic E-state index is 14.5. The lowest BCUT2D eigenvalue weighted by Crippen LogP contribution is -2.38. The Bertz CT molecular complexity index is 2580. The third-order valence-electron chi connectivity index (χ3n) is 11.7. The van der Waals surface area contributed by atoms with Crippen LogP contribution in [0.3, 0.4) is 0 Å². The van der Waals surface area contributed by atoms with E-state index in [0.717, 1.165) is 33.5 Å². The number of carbonyl (C=O) groups excluding carboxylic acids is 1. The van der Waals surface area contributed by atoms with Crippen molar-refractivity contribution >= 4 is 16.9 Å². The van der Waals surface area contributed by atoms with Gasteiger partial charge in [-0.15, -0.1) is 0 Å². The van der Waals surface area contributed by atoms with Crippen LogP contribution < -0.4 is 0 Å². The summed E-state index contributed by atoms with van der Waals surface area (Å²) in [7, 11) is 0. The number of hydrogen-bond donors (Lipinski definition) is 0. The molecule has 2 unspecified atom stereocenters. The Hall–Kier alpha value is -5.54. The molecule has 1 aromatic heterocycles. The van der Waals surface area contributed by atoms with Crippen LogP contribution in [0, 0.1) is 6.92 Å². The number of benzene rings is 6. The number of aryl methyl sites for hydroxylation is 1. The molecule has 2 atom stereocenters. The lowest BCUT2D eigenvalue weighted by atomic mass is 9.69. The largest absolute Gasteiger partial charge is 0.268 e. The number of nitrogens with zero attached hydrogens (tertiary/aromatic N) is 2. The highest BCUT2D eigenvalue weighted by Gasteiger charge is 2.53. The van der Waals surface area contributed by atoms with Gasteiger partial charge in [0.25, 0.3) is 5.91 Å². The maximum atomic E-state index is 14.5. The predicted octanol–water partition coefficient (Wildman–Crippen LogP) is 10.3. The molecule has 2 aliphatic carbocycles. The first-order valence-electron chi connectivity index (χ1n) is 17.3. The average molecular weight is 633 g/mol. The van der Waals surface area contributed by atoms with Gasteiger partial charge in [-0.3, -0.25) is 9.36 Å². The van der Waals surface area contributed by atoms with E-state index in [1.54, 1.807) is 0 Å². The Morgan fingerprint density at radius 3 is 1.84 bits per heavy atom. The van der Waals surface area contributed by atoms with Crippen molar-refractivity contribution in [1.82, 2.24) is 9.55 Å². The normalized spacial score (nSPS) is 19.7. The van der Waals surface area contributed by atoms with Gasteiger partial charge in [0.15, 0.2) is 0 Å². The van der Waals surface area contributed by atoms with Gasteiger partial charge in [-0.1, -0.05) is 136 Å². The minimum Gasteiger partial charge on any atom is -0.268 e. The zero-order valence-electron chi connectivity index (χ0n) is 28.4. The second-order valence-electron chi connectivity index (χ2n) is 15.4. The van der Waals surface area contributed by atoms with Crippen molar-refractivity contribution in [3.63, 3.8) is 0 Å². The lowest BCUT2D eigenvalue weighted by molar-refractivity contribution is 0.0949. The Balaban J connectivity index is 1.32. The first-order chi connectivity index (χ1) is 23.6. The quantitative estimate of drug-likeness (QED) is 0.181. The van der Waals surface area contributed by atoms with E-state index in [0.29, 0.717) is 0 Å². The number of rotatable bonds is 1. The molecule has 0 fully saturated rings. The summed E-state index contributed by atoms with van der Waals surface area (Å²) < 4.78 is 1.90. The van der Waals surface area contributed by atoms with Crippen molar-refractivity contribution in [2.24, 2.45) is 0 Å². The van der Waals surface area contributed by atoms with Gasteiger partial charge in [0.1, 0.15) is 5.82 Å². The van der Waals surface area contributed by atoms with E-state index in [1.807, 2.05) is 22.8 Å². The molecular formula is C46H36N2O. The van der Waals surface area contributed by atoms with E-state index in [1.165, 1.54) is 55.6 Å². The lowest BCUT2D eigenvalue weighted by Gasteiger charge is -2.36. The fourth-order valence-corrected chi connectivity index (χ4v) is 9.23. The van der Waals surface area contributed by atoms with Gasteiger partial charge in [-0.2, -0.15) is 0 Å². The molecule has 7 aromatic rings. The summed E-state index contributed by atoms with van der Waals surface area (Å²) in [6.07, 6.45) is 0. The molecule has 0 N–H and O–H groups in total. The molecule has 6 aromatic carbocycles. The van der Waals surface area contributed by atoms with Crippen molar-refractivity contribution in [2.75, 3.05) is 0 Å². The van der Waals surface area contributed by atoms with Gasteiger partial charge in [-0.05, 0) is 98.7 Å².